The molecule has 0 aliphatic carbocycles. The van der Waals surface area contributed by atoms with E-state index in [1.807, 2.05) is 54.8 Å². The Bertz CT molecular complexity index is 1590. The van der Waals surface area contributed by atoms with E-state index < -0.39 is 5.91 Å². The number of aromatic nitrogens is 5. The molecular formula is C27H32N10O3. The number of nitrogens with two attached hydrogens (primary N) is 1. The molecule has 208 valence electrons. The number of hydrogen-bond donors (Lipinski definition) is 3. The van der Waals surface area contributed by atoms with Crippen LogP contribution in [-0.4, -0.2) is 86.2 Å². The number of anilines is 1. The smallest absolute Gasteiger partial charge is 0.277 e. The molecule has 0 radical (unpaired) electrons. The van der Waals surface area contributed by atoms with Crippen LogP contribution >= 0.6 is 0 Å². The quantitative estimate of drug-likeness (QED) is 0.129. The van der Waals surface area contributed by atoms with Crippen molar-refractivity contribution in [3.63, 3.8) is 0 Å². The Morgan fingerprint density at radius 2 is 2.05 bits per heavy atom. The summed E-state index contributed by atoms with van der Waals surface area (Å²) in [6.07, 6.45) is 3.90. The number of nitrogens with zero attached hydrogens (tertiary/aromatic N) is 8. The minimum Gasteiger partial charge on any atom is -0.404 e. The summed E-state index contributed by atoms with van der Waals surface area (Å²) in [5.41, 5.74) is 10.2. The van der Waals surface area contributed by atoms with E-state index in [1.165, 1.54) is 6.21 Å². The van der Waals surface area contributed by atoms with Gasteiger partial charge in [0.1, 0.15) is 5.82 Å². The van der Waals surface area contributed by atoms with Crippen LogP contribution in [0, 0.1) is 0 Å². The summed E-state index contributed by atoms with van der Waals surface area (Å²) in [4.78, 5) is 39.7. The fraction of sp³-hybridized carbons (Fsp3) is 0.333. The maximum absolute atomic E-state index is 11.7. The molecule has 1 atom stereocenters. The van der Waals surface area contributed by atoms with E-state index in [1.54, 1.807) is 11.7 Å². The van der Waals surface area contributed by atoms with Crippen molar-refractivity contribution in [2.24, 2.45) is 17.8 Å². The summed E-state index contributed by atoms with van der Waals surface area (Å²) < 4.78 is 7.55. The van der Waals surface area contributed by atoms with Gasteiger partial charge in [-0.3, -0.25) is 24.9 Å². The van der Waals surface area contributed by atoms with E-state index in [-0.39, 0.29) is 11.7 Å². The van der Waals surface area contributed by atoms with Crippen LogP contribution in [0.5, 0.6) is 0 Å². The van der Waals surface area contributed by atoms with Crippen molar-refractivity contribution in [1.29, 1.82) is 0 Å². The Hall–Kier alpha value is -4.46. The molecule has 4 heterocycles. The Balaban J connectivity index is 1.50. The molecule has 4 aromatic rings. The van der Waals surface area contributed by atoms with Gasteiger partial charge in [-0.15, -0.1) is 0 Å². The van der Waals surface area contributed by atoms with E-state index >= 15 is 0 Å². The molecule has 0 bridgehead atoms. The maximum Gasteiger partial charge on any atom is 0.277 e. The minimum absolute atomic E-state index is 0.0478. The second kappa shape index (κ2) is 11.7. The van der Waals surface area contributed by atoms with Crippen LogP contribution in [0.2, 0.25) is 0 Å². The summed E-state index contributed by atoms with van der Waals surface area (Å²) in [5, 5.41) is 9.87. The van der Waals surface area contributed by atoms with Crippen molar-refractivity contribution in [3.05, 3.63) is 54.1 Å². The highest BCUT2D eigenvalue weighted by molar-refractivity contribution is 6.11. The van der Waals surface area contributed by atoms with Crippen molar-refractivity contribution >= 4 is 40.0 Å². The lowest BCUT2D eigenvalue weighted by Crippen LogP contribution is -2.37. The predicted molar refractivity (Wildman–Crippen MR) is 152 cm³/mol. The lowest BCUT2D eigenvalue weighted by atomic mass is 10.1. The SMILES string of the molecule is CC(N=C/C(=C\N)C(=O)NO)N(C)Cc1nc2c(N3CCOCC3)nc(-c3cnc4ccccc4c3)nc2n1C. The highest BCUT2D eigenvalue weighted by atomic mass is 16.5. The number of para-hydroxylation sites is 1. The summed E-state index contributed by atoms with van der Waals surface area (Å²) in [5.74, 6) is 1.39. The van der Waals surface area contributed by atoms with Gasteiger partial charge in [0.15, 0.2) is 22.8 Å². The first-order valence-electron chi connectivity index (χ1n) is 12.9. The Morgan fingerprint density at radius 1 is 1.27 bits per heavy atom. The fourth-order valence-electron chi connectivity index (χ4n) is 4.45. The zero-order valence-corrected chi connectivity index (χ0v) is 22.7. The van der Waals surface area contributed by atoms with Crippen LogP contribution in [0.3, 0.4) is 0 Å². The maximum atomic E-state index is 11.7. The molecular weight excluding hydrogens is 512 g/mol. The average Bonchev–Trinajstić information content (AvgIpc) is 3.31. The van der Waals surface area contributed by atoms with Crippen molar-refractivity contribution in [2.75, 3.05) is 38.3 Å². The zero-order valence-electron chi connectivity index (χ0n) is 22.7. The van der Waals surface area contributed by atoms with Crippen molar-refractivity contribution in [3.8, 4) is 11.4 Å². The first-order chi connectivity index (χ1) is 19.4. The molecule has 5 rings (SSSR count). The van der Waals surface area contributed by atoms with E-state index in [2.05, 4.69) is 20.9 Å². The largest absolute Gasteiger partial charge is 0.404 e. The van der Waals surface area contributed by atoms with Crippen molar-refractivity contribution in [1.82, 2.24) is 34.9 Å². The topological polar surface area (TPSA) is 160 Å². The third kappa shape index (κ3) is 5.47. The third-order valence-electron chi connectivity index (χ3n) is 6.95. The normalized spacial score (nSPS) is 15.4. The standard InChI is InChI=1S/C27H32N10O3/c1-17(29-15-20(13-28)27(38)34-39)35(2)16-22-31-23-25(36(22)3)32-24(33-26(23)37-8-10-40-11-9-37)19-12-18-6-4-5-7-21(18)30-14-19/h4-7,12-15,17,39H,8-11,16,28H2,1-3H3,(H,34,38)/b20-13+,29-15?. The second-order valence-corrected chi connectivity index (χ2v) is 9.53. The number of pyridine rings is 1. The number of hydrogen-bond acceptors (Lipinski definition) is 11. The van der Waals surface area contributed by atoms with Crippen LogP contribution in [0.4, 0.5) is 5.82 Å². The van der Waals surface area contributed by atoms with Crippen LogP contribution in [0.25, 0.3) is 33.5 Å². The summed E-state index contributed by atoms with van der Waals surface area (Å²) >= 11 is 0. The lowest BCUT2D eigenvalue weighted by Gasteiger charge is -2.28. The molecule has 13 nitrogen and oxygen atoms in total. The molecule has 1 aromatic carbocycles. The Kier molecular flexibility index (Phi) is 7.96. The Morgan fingerprint density at radius 3 is 2.80 bits per heavy atom. The number of aliphatic imine (C=N–C) groups is 1. The number of carbonyl (C=O) groups excluding carboxylic acids is 1. The summed E-state index contributed by atoms with van der Waals surface area (Å²) in [6, 6.07) is 10.0. The molecule has 1 aliphatic heterocycles. The van der Waals surface area contributed by atoms with Gasteiger partial charge in [0.05, 0.1) is 37.0 Å². The number of amides is 1. The van der Waals surface area contributed by atoms with Crippen LogP contribution in [0.1, 0.15) is 12.7 Å². The van der Waals surface area contributed by atoms with Gasteiger partial charge in [0, 0.05) is 49.7 Å². The molecule has 13 heteroatoms. The number of carbonyl (C=O) groups is 1. The van der Waals surface area contributed by atoms with Crippen LogP contribution < -0.4 is 16.1 Å². The predicted octanol–water partition coefficient (Wildman–Crippen LogP) is 1.61. The zero-order chi connectivity index (χ0) is 28.2. The molecule has 1 fully saturated rings. The fourth-order valence-corrected chi connectivity index (χ4v) is 4.45. The molecule has 1 unspecified atom stereocenters. The van der Waals surface area contributed by atoms with Gasteiger partial charge in [-0.25, -0.2) is 20.4 Å². The van der Waals surface area contributed by atoms with Crippen LogP contribution in [-0.2, 0) is 23.1 Å². The van der Waals surface area contributed by atoms with Gasteiger partial charge in [0.25, 0.3) is 5.91 Å². The van der Waals surface area contributed by atoms with Gasteiger partial charge < -0.3 is 19.9 Å². The van der Waals surface area contributed by atoms with E-state index in [0.29, 0.717) is 44.3 Å². The van der Waals surface area contributed by atoms with Gasteiger partial charge in [0.2, 0.25) is 0 Å². The molecule has 1 amide bonds. The third-order valence-corrected chi connectivity index (χ3v) is 6.95. The molecule has 3 aromatic heterocycles. The van der Waals surface area contributed by atoms with Gasteiger partial charge in [-0.2, -0.15) is 0 Å². The van der Waals surface area contributed by atoms with Crippen LogP contribution in [0.15, 0.2) is 53.3 Å². The second-order valence-electron chi connectivity index (χ2n) is 9.53. The first-order valence-corrected chi connectivity index (χ1v) is 12.9. The lowest BCUT2D eigenvalue weighted by molar-refractivity contribution is -0.124. The monoisotopic (exact) mass is 544 g/mol. The number of morpholine rings is 1. The summed E-state index contributed by atoms with van der Waals surface area (Å²) in [7, 11) is 3.84. The van der Waals surface area contributed by atoms with E-state index in [0.717, 1.165) is 39.8 Å². The van der Waals surface area contributed by atoms with E-state index in [9.17, 15) is 4.79 Å². The van der Waals surface area contributed by atoms with Gasteiger partial charge >= 0.3 is 0 Å². The molecule has 0 spiro atoms. The molecule has 4 N–H and O–H groups in total. The number of benzene rings is 1. The minimum atomic E-state index is -0.733. The number of nitrogens with one attached hydrogen (secondary N) is 1. The number of fused-ring (bicyclic) bond motifs is 2. The van der Waals surface area contributed by atoms with Crippen molar-refractivity contribution < 1.29 is 14.7 Å². The van der Waals surface area contributed by atoms with Gasteiger partial charge in [-0.05, 0) is 26.1 Å². The number of hydroxylamine groups is 1. The number of ether oxygens (including phenoxy) is 1. The molecule has 1 saturated heterocycles. The highest BCUT2D eigenvalue weighted by Crippen LogP contribution is 2.29. The Labute approximate surface area is 231 Å². The summed E-state index contributed by atoms with van der Waals surface area (Å²) in [6.45, 7) is 4.98. The van der Waals surface area contributed by atoms with Crippen molar-refractivity contribution in [2.45, 2.75) is 19.6 Å². The molecule has 0 saturated carbocycles. The first kappa shape index (κ1) is 27.1. The molecule has 1 aliphatic rings. The number of aryl methyl sites for hydroxylation is 1. The van der Waals surface area contributed by atoms with Gasteiger partial charge in [-0.1, -0.05) is 18.2 Å². The van der Waals surface area contributed by atoms with E-state index in [4.69, 9.17) is 30.6 Å². The average molecular weight is 545 g/mol. The number of rotatable bonds is 8. The molecule has 40 heavy (non-hydrogen) atoms. The number of imidazole rings is 1. The highest BCUT2D eigenvalue weighted by Gasteiger charge is 2.23.